The van der Waals surface area contributed by atoms with Crippen molar-refractivity contribution in [3.63, 3.8) is 0 Å². The minimum absolute atomic E-state index is 0.00397. The summed E-state index contributed by atoms with van der Waals surface area (Å²) in [6, 6.07) is 3.73. The summed E-state index contributed by atoms with van der Waals surface area (Å²) in [5.74, 6) is 0.00879. The third-order valence-electron chi connectivity index (χ3n) is 2.07. The Hall–Kier alpha value is -1.55. The Morgan fingerprint density at radius 2 is 1.86 bits per heavy atom. The number of nitrogen functional groups attached to an aromatic ring is 1. The van der Waals surface area contributed by atoms with Crippen molar-refractivity contribution in [2.45, 2.75) is 6.36 Å². The van der Waals surface area contributed by atoms with Gasteiger partial charge in [-0.1, -0.05) is 0 Å². The highest BCUT2D eigenvalue weighted by molar-refractivity contribution is 9.10. The molecule has 0 saturated carbocycles. The van der Waals surface area contributed by atoms with Gasteiger partial charge in [0.1, 0.15) is 11.5 Å². The van der Waals surface area contributed by atoms with Crippen LogP contribution in [0.25, 0.3) is 0 Å². The van der Waals surface area contributed by atoms with Crippen molar-refractivity contribution < 1.29 is 22.6 Å². The van der Waals surface area contributed by atoms with Crippen LogP contribution < -0.4 is 15.2 Å². The maximum Gasteiger partial charge on any atom is 0.573 e. The topological polar surface area (TPSA) is 70.3 Å². The zero-order valence-corrected chi connectivity index (χ0v) is 13.2. The van der Waals surface area contributed by atoms with E-state index in [0.29, 0.717) is 4.47 Å². The van der Waals surface area contributed by atoms with E-state index in [4.69, 9.17) is 10.5 Å². The van der Waals surface area contributed by atoms with E-state index in [1.807, 2.05) is 0 Å². The zero-order chi connectivity index (χ0) is 15.6. The highest BCUT2D eigenvalue weighted by atomic mass is 79.9. The minimum atomic E-state index is -4.77. The number of halogens is 5. The first-order chi connectivity index (χ1) is 9.74. The number of nitrogens with zero attached hydrogens (tertiary/aromatic N) is 2. The molecule has 2 rings (SSSR count). The van der Waals surface area contributed by atoms with Gasteiger partial charge in [0.15, 0.2) is 0 Å². The lowest BCUT2D eigenvalue weighted by atomic mass is 10.3. The second-order valence-electron chi connectivity index (χ2n) is 3.62. The molecular formula is C11H6Br2F3N3O2. The van der Waals surface area contributed by atoms with Crippen LogP contribution in [0.2, 0.25) is 0 Å². The van der Waals surface area contributed by atoms with Crippen molar-refractivity contribution >= 4 is 37.8 Å². The molecule has 0 aliphatic carbocycles. The summed E-state index contributed by atoms with van der Waals surface area (Å²) in [4.78, 5) is 7.59. The molecule has 0 amide bonds. The fourth-order valence-electron chi connectivity index (χ4n) is 1.30. The van der Waals surface area contributed by atoms with E-state index >= 15 is 0 Å². The van der Waals surface area contributed by atoms with Crippen LogP contribution in [0.1, 0.15) is 0 Å². The van der Waals surface area contributed by atoms with Gasteiger partial charge in [0, 0.05) is 0 Å². The summed E-state index contributed by atoms with van der Waals surface area (Å²) in [6.45, 7) is 0. The van der Waals surface area contributed by atoms with Crippen LogP contribution in [-0.4, -0.2) is 16.3 Å². The number of anilines is 1. The van der Waals surface area contributed by atoms with Crippen molar-refractivity contribution in [1.82, 2.24) is 9.97 Å². The molecule has 2 N–H and O–H groups in total. The number of benzene rings is 1. The molecule has 1 aromatic heterocycles. The molecule has 0 unspecified atom stereocenters. The highest BCUT2D eigenvalue weighted by Crippen LogP contribution is 2.35. The number of hydrogen-bond acceptors (Lipinski definition) is 5. The van der Waals surface area contributed by atoms with Crippen molar-refractivity contribution in [3.8, 4) is 17.4 Å². The molecule has 0 aliphatic heterocycles. The maximum atomic E-state index is 12.2. The summed E-state index contributed by atoms with van der Waals surface area (Å²) in [7, 11) is 0. The number of nitrogens with two attached hydrogens (primary N) is 1. The van der Waals surface area contributed by atoms with E-state index in [9.17, 15) is 13.2 Å². The predicted molar refractivity (Wildman–Crippen MR) is 75.0 cm³/mol. The van der Waals surface area contributed by atoms with Crippen molar-refractivity contribution in [1.29, 1.82) is 0 Å². The Kier molecular flexibility index (Phi) is 4.57. The molecule has 5 nitrogen and oxygen atoms in total. The minimum Gasteiger partial charge on any atom is -0.438 e. The number of alkyl halides is 3. The molecule has 1 heterocycles. The largest absolute Gasteiger partial charge is 0.573 e. The standard InChI is InChI=1S/C11H6Br2F3N3O2/c12-6-3-5(1-2-8(6)21-11(14,15)16)20-9-7(13)4-18-10(17)19-9/h1-4H,(H2,17,18,19). The lowest BCUT2D eigenvalue weighted by Gasteiger charge is -2.12. The van der Waals surface area contributed by atoms with Gasteiger partial charge in [0.2, 0.25) is 11.8 Å². The molecule has 0 spiro atoms. The predicted octanol–water partition coefficient (Wildman–Crippen LogP) is 4.27. The zero-order valence-electron chi connectivity index (χ0n) is 9.99. The Bertz CT molecular complexity index is 668. The molecule has 112 valence electrons. The fraction of sp³-hybridized carbons (Fsp3) is 0.0909. The third-order valence-corrected chi connectivity index (χ3v) is 3.24. The van der Waals surface area contributed by atoms with Crippen LogP contribution in [-0.2, 0) is 0 Å². The number of hydrogen-bond donors (Lipinski definition) is 1. The van der Waals surface area contributed by atoms with E-state index < -0.39 is 6.36 Å². The second-order valence-corrected chi connectivity index (χ2v) is 5.33. The Balaban J connectivity index is 2.22. The van der Waals surface area contributed by atoms with Crippen LogP contribution in [0.15, 0.2) is 33.3 Å². The molecular weight excluding hydrogens is 423 g/mol. The smallest absolute Gasteiger partial charge is 0.438 e. The second kappa shape index (κ2) is 6.06. The Morgan fingerprint density at radius 1 is 1.14 bits per heavy atom. The Morgan fingerprint density at radius 3 is 2.48 bits per heavy atom. The van der Waals surface area contributed by atoms with Crippen molar-refractivity contribution in [2.75, 3.05) is 5.73 Å². The number of ether oxygens (including phenoxy) is 2. The van der Waals surface area contributed by atoms with Crippen molar-refractivity contribution in [3.05, 3.63) is 33.3 Å². The van der Waals surface area contributed by atoms with Gasteiger partial charge in [0.05, 0.1) is 15.1 Å². The van der Waals surface area contributed by atoms with Crippen LogP contribution in [0.3, 0.4) is 0 Å². The van der Waals surface area contributed by atoms with E-state index in [1.54, 1.807) is 0 Å². The molecule has 2 aromatic rings. The van der Waals surface area contributed by atoms with Crippen LogP contribution in [0.4, 0.5) is 19.1 Å². The first-order valence-electron chi connectivity index (χ1n) is 5.26. The van der Waals surface area contributed by atoms with E-state index in [0.717, 1.165) is 6.07 Å². The Labute approximate surface area is 133 Å². The van der Waals surface area contributed by atoms with E-state index in [2.05, 4.69) is 46.6 Å². The summed E-state index contributed by atoms with van der Waals surface area (Å²) in [6.07, 6.45) is -3.37. The average Bonchev–Trinajstić information content (AvgIpc) is 2.36. The van der Waals surface area contributed by atoms with Crippen LogP contribution in [0.5, 0.6) is 17.4 Å². The summed E-state index contributed by atoms with van der Waals surface area (Å²) in [5, 5.41) is 0. The number of rotatable bonds is 3. The van der Waals surface area contributed by atoms with Crippen LogP contribution in [0, 0.1) is 0 Å². The maximum absolute atomic E-state index is 12.2. The first-order valence-corrected chi connectivity index (χ1v) is 6.84. The lowest BCUT2D eigenvalue weighted by Crippen LogP contribution is -2.17. The highest BCUT2D eigenvalue weighted by Gasteiger charge is 2.32. The molecule has 0 aliphatic rings. The normalized spacial score (nSPS) is 11.3. The quantitative estimate of drug-likeness (QED) is 0.790. The molecule has 1 aromatic carbocycles. The van der Waals surface area contributed by atoms with Crippen LogP contribution >= 0.6 is 31.9 Å². The molecule has 21 heavy (non-hydrogen) atoms. The van der Waals surface area contributed by atoms with E-state index in [-0.39, 0.29) is 27.8 Å². The molecule has 0 fully saturated rings. The first kappa shape index (κ1) is 15.8. The van der Waals surface area contributed by atoms with Gasteiger partial charge in [0.25, 0.3) is 0 Å². The lowest BCUT2D eigenvalue weighted by molar-refractivity contribution is -0.274. The molecule has 0 atom stereocenters. The van der Waals surface area contributed by atoms with Crippen molar-refractivity contribution in [2.24, 2.45) is 0 Å². The average molecular weight is 429 g/mol. The summed E-state index contributed by atoms with van der Waals surface area (Å²) in [5.41, 5.74) is 5.43. The monoisotopic (exact) mass is 427 g/mol. The van der Waals surface area contributed by atoms with E-state index in [1.165, 1.54) is 18.3 Å². The van der Waals surface area contributed by atoms with Gasteiger partial charge in [-0.25, -0.2) is 4.98 Å². The van der Waals surface area contributed by atoms with Gasteiger partial charge in [-0.15, -0.1) is 13.2 Å². The van der Waals surface area contributed by atoms with Gasteiger partial charge in [-0.2, -0.15) is 4.98 Å². The summed E-state index contributed by atoms with van der Waals surface area (Å²) < 4.78 is 46.2. The molecule has 0 bridgehead atoms. The van der Waals surface area contributed by atoms with Gasteiger partial charge in [-0.3, -0.25) is 0 Å². The molecule has 0 radical (unpaired) electrons. The summed E-state index contributed by atoms with van der Waals surface area (Å²) >= 11 is 6.14. The third kappa shape index (κ3) is 4.46. The van der Waals surface area contributed by atoms with Gasteiger partial charge < -0.3 is 15.2 Å². The van der Waals surface area contributed by atoms with Gasteiger partial charge in [-0.05, 0) is 50.1 Å². The molecule has 0 saturated heterocycles. The number of aromatic nitrogens is 2. The van der Waals surface area contributed by atoms with Gasteiger partial charge >= 0.3 is 6.36 Å². The SMILES string of the molecule is Nc1ncc(Br)c(Oc2ccc(OC(F)(F)F)c(Br)c2)n1. The fourth-order valence-corrected chi connectivity index (χ4v) is 2.01. The molecule has 10 heteroatoms.